The van der Waals surface area contributed by atoms with Crippen LogP contribution in [0.2, 0.25) is 0 Å². The molecule has 0 fully saturated rings. The van der Waals surface area contributed by atoms with Crippen molar-refractivity contribution in [3.8, 4) is 0 Å². The lowest BCUT2D eigenvalue weighted by Gasteiger charge is -2.28. The van der Waals surface area contributed by atoms with Crippen molar-refractivity contribution in [3.63, 3.8) is 0 Å². The lowest BCUT2D eigenvalue weighted by molar-refractivity contribution is -0.109. The minimum Gasteiger partial charge on any atom is -0.510 e. The summed E-state index contributed by atoms with van der Waals surface area (Å²) in [6, 6.07) is 0. The Labute approximate surface area is 86.2 Å². The summed E-state index contributed by atoms with van der Waals surface area (Å²) in [6.45, 7) is 11.5. The molecule has 0 aromatic heterocycles. The molecule has 0 spiro atoms. The molecule has 0 bridgehead atoms. The van der Waals surface area contributed by atoms with Crippen LogP contribution in [0.1, 0.15) is 41.5 Å². The van der Waals surface area contributed by atoms with Gasteiger partial charge in [0.15, 0.2) is 0 Å². The molecule has 0 unspecified atom stereocenters. The minimum atomic E-state index is -0.349. The Morgan fingerprint density at radius 1 is 1.07 bits per heavy atom. The molecule has 0 aliphatic carbocycles. The van der Waals surface area contributed by atoms with E-state index in [4.69, 9.17) is 0 Å². The number of nitrogens with one attached hydrogen (secondary N) is 1. The van der Waals surface area contributed by atoms with Crippen LogP contribution in [0, 0.1) is 10.8 Å². The number of hydrogen-bond acceptors (Lipinski definition) is 2. The SMILES string of the molecule is CC(C)(C)C(O)=C(NC=O)C(C)(C)C. The second-order valence-electron chi connectivity index (χ2n) is 5.49. The lowest BCUT2D eigenvalue weighted by Crippen LogP contribution is -2.29. The maximum absolute atomic E-state index is 10.4. The summed E-state index contributed by atoms with van der Waals surface area (Å²) in [7, 11) is 0. The van der Waals surface area contributed by atoms with Gasteiger partial charge < -0.3 is 10.4 Å². The van der Waals surface area contributed by atoms with Gasteiger partial charge in [-0.1, -0.05) is 41.5 Å². The first-order valence-corrected chi connectivity index (χ1v) is 4.75. The summed E-state index contributed by atoms with van der Waals surface area (Å²) in [5, 5.41) is 12.5. The molecule has 0 rings (SSSR count). The fourth-order valence-corrected chi connectivity index (χ4v) is 1.07. The molecule has 0 heterocycles. The summed E-state index contributed by atoms with van der Waals surface area (Å²) in [6.07, 6.45) is 0.600. The van der Waals surface area contributed by atoms with E-state index in [9.17, 15) is 9.90 Å². The highest BCUT2D eigenvalue weighted by Crippen LogP contribution is 2.32. The minimum absolute atomic E-state index is 0.233. The van der Waals surface area contributed by atoms with Crippen molar-refractivity contribution in [2.24, 2.45) is 10.8 Å². The maximum Gasteiger partial charge on any atom is 0.211 e. The van der Waals surface area contributed by atoms with Crippen LogP contribution >= 0.6 is 0 Å². The second-order valence-corrected chi connectivity index (χ2v) is 5.49. The fourth-order valence-electron chi connectivity index (χ4n) is 1.07. The van der Waals surface area contributed by atoms with Crippen LogP contribution in [-0.4, -0.2) is 11.5 Å². The van der Waals surface area contributed by atoms with E-state index < -0.39 is 0 Å². The topological polar surface area (TPSA) is 49.3 Å². The second kappa shape index (κ2) is 4.03. The first-order valence-electron chi connectivity index (χ1n) is 4.75. The number of allylic oxidation sites excluding steroid dienone is 2. The van der Waals surface area contributed by atoms with Crippen LogP contribution < -0.4 is 5.32 Å². The van der Waals surface area contributed by atoms with E-state index in [1.54, 1.807) is 0 Å². The van der Waals surface area contributed by atoms with Gasteiger partial charge in [0.2, 0.25) is 6.41 Å². The maximum atomic E-state index is 10.4. The monoisotopic (exact) mass is 199 g/mol. The Bertz CT molecular complexity index is 241. The van der Waals surface area contributed by atoms with E-state index in [2.05, 4.69) is 5.32 Å². The molecule has 0 radical (unpaired) electrons. The van der Waals surface area contributed by atoms with Gasteiger partial charge in [0.1, 0.15) is 5.76 Å². The number of amides is 1. The first kappa shape index (κ1) is 13.0. The zero-order chi connectivity index (χ0) is 11.6. The molecule has 0 saturated heterocycles. The van der Waals surface area contributed by atoms with Crippen LogP contribution in [0.4, 0.5) is 0 Å². The number of aliphatic hydroxyl groups is 1. The van der Waals surface area contributed by atoms with Crippen LogP contribution in [-0.2, 0) is 4.79 Å². The Morgan fingerprint density at radius 2 is 1.50 bits per heavy atom. The highest BCUT2D eigenvalue weighted by atomic mass is 16.3. The van der Waals surface area contributed by atoms with Crippen molar-refractivity contribution in [1.29, 1.82) is 0 Å². The number of aliphatic hydroxyl groups excluding tert-OH is 1. The van der Waals surface area contributed by atoms with Gasteiger partial charge in [0.25, 0.3) is 0 Å². The largest absolute Gasteiger partial charge is 0.510 e. The molecular weight excluding hydrogens is 178 g/mol. The van der Waals surface area contributed by atoms with Gasteiger partial charge in [0, 0.05) is 10.8 Å². The smallest absolute Gasteiger partial charge is 0.211 e. The third-order valence-corrected chi connectivity index (χ3v) is 1.90. The standard InChI is InChI=1S/C11H21NO2/c1-10(2,3)8(12-7-13)9(14)11(4,5)6/h7,14H,1-6H3,(H,12,13). The normalized spacial score (nSPS) is 14.7. The molecule has 82 valence electrons. The summed E-state index contributed by atoms with van der Waals surface area (Å²) in [5.74, 6) is 0.233. The number of carbonyl (C=O) groups is 1. The number of hydrogen-bond donors (Lipinski definition) is 2. The van der Waals surface area contributed by atoms with Crippen molar-refractivity contribution in [1.82, 2.24) is 5.32 Å². The number of carbonyl (C=O) groups excluding carboxylic acids is 1. The van der Waals surface area contributed by atoms with E-state index in [-0.39, 0.29) is 16.6 Å². The van der Waals surface area contributed by atoms with Crippen molar-refractivity contribution in [3.05, 3.63) is 11.5 Å². The quantitative estimate of drug-likeness (QED) is 0.530. The molecule has 0 aromatic carbocycles. The molecule has 0 aliphatic rings. The van der Waals surface area contributed by atoms with Crippen LogP contribution in [0.25, 0.3) is 0 Å². The average Bonchev–Trinajstić information content (AvgIpc) is 1.94. The fraction of sp³-hybridized carbons (Fsp3) is 0.727. The highest BCUT2D eigenvalue weighted by Gasteiger charge is 2.27. The van der Waals surface area contributed by atoms with Gasteiger partial charge in [-0.3, -0.25) is 4.79 Å². The summed E-state index contributed by atoms with van der Waals surface area (Å²) in [4.78, 5) is 10.4. The molecule has 0 aliphatic heterocycles. The summed E-state index contributed by atoms with van der Waals surface area (Å²) in [5.41, 5.74) is -0.0309. The van der Waals surface area contributed by atoms with Gasteiger partial charge in [-0.25, -0.2) is 0 Å². The van der Waals surface area contributed by atoms with E-state index in [0.29, 0.717) is 12.1 Å². The predicted octanol–water partition coefficient (Wildman–Crippen LogP) is 2.59. The predicted molar refractivity (Wildman–Crippen MR) is 57.8 cm³/mol. The molecule has 14 heavy (non-hydrogen) atoms. The van der Waals surface area contributed by atoms with Gasteiger partial charge in [-0.15, -0.1) is 0 Å². The average molecular weight is 199 g/mol. The Kier molecular flexibility index (Phi) is 3.74. The third-order valence-electron chi connectivity index (χ3n) is 1.90. The molecule has 3 heteroatoms. The van der Waals surface area contributed by atoms with E-state index in [1.807, 2.05) is 41.5 Å². The van der Waals surface area contributed by atoms with Gasteiger partial charge in [-0.05, 0) is 0 Å². The van der Waals surface area contributed by atoms with Crippen LogP contribution in [0.5, 0.6) is 0 Å². The van der Waals surface area contributed by atoms with Gasteiger partial charge >= 0.3 is 0 Å². The molecule has 0 saturated carbocycles. The Morgan fingerprint density at radius 3 is 1.71 bits per heavy atom. The van der Waals surface area contributed by atoms with Crippen molar-refractivity contribution in [2.75, 3.05) is 0 Å². The molecule has 0 atom stereocenters. The van der Waals surface area contributed by atoms with Crippen molar-refractivity contribution in [2.45, 2.75) is 41.5 Å². The first-order chi connectivity index (χ1) is 6.10. The Balaban J connectivity index is 5.27. The molecule has 1 amide bonds. The highest BCUT2D eigenvalue weighted by molar-refractivity contribution is 5.51. The summed E-state index contributed by atoms with van der Waals surface area (Å²) >= 11 is 0. The van der Waals surface area contributed by atoms with Crippen molar-refractivity contribution < 1.29 is 9.90 Å². The van der Waals surface area contributed by atoms with Crippen molar-refractivity contribution >= 4 is 6.41 Å². The molecule has 3 nitrogen and oxygen atoms in total. The summed E-state index contributed by atoms with van der Waals surface area (Å²) < 4.78 is 0. The zero-order valence-corrected chi connectivity index (χ0v) is 9.93. The van der Waals surface area contributed by atoms with E-state index in [0.717, 1.165) is 0 Å². The molecular formula is C11H21NO2. The number of rotatable bonds is 2. The molecule has 2 N–H and O–H groups in total. The lowest BCUT2D eigenvalue weighted by atomic mass is 9.84. The Hall–Kier alpha value is -0.990. The van der Waals surface area contributed by atoms with E-state index >= 15 is 0 Å². The van der Waals surface area contributed by atoms with Gasteiger partial charge in [0.05, 0.1) is 5.70 Å². The van der Waals surface area contributed by atoms with Crippen LogP contribution in [0.15, 0.2) is 11.5 Å². The zero-order valence-electron chi connectivity index (χ0n) is 9.93. The molecule has 0 aromatic rings. The van der Waals surface area contributed by atoms with Crippen LogP contribution in [0.3, 0.4) is 0 Å². The third kappa shape index (κ3) is 3.40. The van der Waals surface area contributed by atoms with E-state index in [1.165, 1.54) is 0 Å². The van der Waals surface area contributed by atoms with Gasteiger partial charge in [-0.2, -0.15) is 0 Å².